The number of rotatable bonds is 10. The number of ether oxygens (including phenoxy) is 2. The molecule has 156 valence electrons. The molecule has 0 fully saturated rings. The van der Waals surface area contributed by atoms with Crippen LogP contribution in [0.2, 0.25) is 5.02 Å². The highest BCUT2D eigenvalue weighted by Gasteiger charge is 2.26. The van der Waals surface area contributed by atoms with Crippen LogP contribution in [0.3, 0.4) is 0 Å². The van der Waals surface area contributed by atoms with E-state index >= 15 is 0 Å². The van der Waals surface area contributed by atoms with Crippen LogP contribution in [0.15, 0.2) is 48.5 Å². The Hall–Kier alpha value is -2.73. The Balaban J connectivity index is 2.11. The molecule has 7 heteroatoms. The summed E-state index contributed by atoms with van der Waals surface area (Å²) in [4.78, 5) is 26.9. The van der Waals surface area contributed by atoms with E-state index < -0.39 is 6.04 Å². The maximum atomic E-state index is 12.9. The highest BCUT2D eigenvalue weighted by atomic mass is 35.5. The Morgan fingerprint density at radius 2 is 1.83 bits per heavy atom. The second-order valence-electron chi connectivity index (χ2n) is 6.58. The van der Waals surface area contributed by atoms with E-state index in [-0.39, 0.29) is 25.0 Å². The topological polar surface area (TPSA) is 67.9 Å². The summed E-state index contributed by atoms with van der Waals surface area (Å²) in [5.41, 5.74) is 0.838. The number of benzene rings is 2. The monoisotopic (exact) mass is 418 g/mol. The van der Waals surface area contributed by atoms with Gasteiger partial charge in [0.15, 0.2) is 6.61 Å². The van der Waals surface area contributed by atoms with Gasteiger partial charge < -0.3 is 19.7 Å². The smallest absolute Gasteiger partial charge is 0.261 e. The summed E-state index contributed by atoms with van der Waals surface area (Å²) in [7, 11) is 1.58. The minimum atomic E-state index is -0.646. The minimum absolute atomic E-state index is 0.182. The van der Waals surface area contributed by atoms with E-state index in [1.807, 2.05) is 19.1 Å². The number of amides is 2. The Kier molecular flexibility index (Phi) is 8.80. The molecule has 29 heavy (non-hydrogen) atoms. The van der Waals surface area contributed by atoms with Gasteiger partial charge in [-0.2, -0.15) is 0 Å². The maximum Gasteiger partial charge on any atom is 0.261 e. The molecule has 0 aliphatic rings. The van der Waals surface area contributed by atoms with Crippen molar-refractivity contribution in [2.45, 2.75) is 32.9 Å². The summed E-state index contributed by atoms with van der Waals surface area (Å²) in [6, 6.07) is 13.5. The number of methoxy groups -OCH3 is 1. The number of halogens is 1. The predicted molar refractivity (Wildman–Crippen MR) is 113 cm³/mol. The van der Waals surface area contributed by atoms with Gasteiger partial charge in [-0.1, -0.05) is 30.7 Å². The van der Waals surface area contributed by atoms with Crippen LogP contribution in [0.5, 0.6) is 11.5 Å². The summed E-state index contributed by atoms with van der Waals surface area (Å²) < 4.78 is 10.7. The van der Waals surface area contributed by atoms with Gasteiger partial charge in [-0.15, -0.1) is 0 Å². The number of carbonyl (C=O) groups excluding carboxylic acids is 2. The number of nitrogens with one attached hydrogen (secondary N) is 1. The summed E-state index contributed by atoms with van der Waals surface area (Å²) in [6.07, 6.45) is 0.821. The van der Waals surface area contributed by atoms with E-state index in [0.29, 0.717) is 23.1 Å². The molecule has 0 spiro atoms. The van der Waals surface area contributed by atoms with Crippen molar-refractivity contribution >= 4 is 23.4 Å². The Bertz CT molecular complexity index is 811. The average molecular weight is 419 g/mol. The number of nitrogens with zero attached hydrogens (tertiary/aromatic N) is 1. The molecule has 1 atom stereocenters. The standard InChI is InChI=1S/C22H27ClN2O4/c1-4-12-24-22(27)16(2)25(14-17-6-5-7-18(23)13-17)21(26)15-29-20-10-8-19(28-3)9-11-20/h5-11,13,16H,4,12,14-15H2,1-3H3,(H,24,27). The molecule has 0 bridgehead atoms. The number of hydrogen-bond acceptors (Lipinski definition) is 4. The van der Waals surface area contributed by atoms with Crippen molar-refractivity contribution in [2.24, 2.45) is 0 Å². The molecule has 0 aliphatic heterocycles. The first kappa shape index (κ1) is 22.6. The fourth-order valence-electron chi connectivity index (χ4n) is 2.71. The van der Waals surface area contributed by atoms with Gasteiger partial charge in [0.05, 0.1) is 7.11 Å². The van der Waals surface area contributed by atoms with E-state index in [1.165, 1.54) is 4.90 Å². The lowest BCUT2D eigenvalue weighted by Gasteiger charge is -2.28. The molecular weight excluding hydrogens is 392 g/mol. The second kappa shape index (κ2) is 11.3. The van der Waals surface area contributed by atoms with Crippen LogP contribution < -0.4 is 14.8 Å². The Morgan fingerprint density at radius 1 is 1.14 bits per heavy atom. The lowest BCUT2D eigenvalue weighted by molar-refractivity contribution is -0.142. The summed E-state index contributed by atoms with van der Waals surface area (Å²) in [5, 5.41) is 3.41. The van der Waals surface area contributed by atoms with Gasteiger partial charge in [-0.05, 0) is 55.3 Å². The van der Waals surface area contributed by atoms with E-state index in [0.717, 1.165) is 12.0 Å². The molecule has 0 radical (unpaired) electrons. The highest BCUT2D eigenvalue weighted by Crippen LogP contribution is 2.18. The fourth-order valence-corrected chi connectivity index (χ4v) is 2.92. The van der Waals surface area contributed by atoms with Crippen LogP contribution >= 0.6 is 11.6 Å². The summed E-state index contributed by atoms with van der Waals surface area (Å²) in [6.45, 7) is 4.32. The van der Waals surface area contributed by atoms with Crippen molar-refractivity contribution in [2.75, 3.05) is 20.3 Å². The third kappa shape index (κ3) is 6.98. The lowest BCUT2D eigenvalue weighted by atomic mass is 10.1. The quantitative estimate of drug-likeness (QED) is 0.639. The molecular formula is C22H27ClN2O4. The molecule has 0 heterocycles. The van der Waals surface area contributed by atoms with Crippen LogP contribution in [0.4, 0.5) is 0 Å². The van der Waals surface area contributed by atoms with Gasteiger partial charge in [-0.25, -0.2) is 0 Å². The molecule has 0 aromatic heterocycles. The fraction of sp³-hybridized carbons (Fsp3) is 0.364. The first-order valence-corrected chi connectivity index (χ1v) is 9.90. The average Bonchev–Trinajstić information content (AvgIpc) is 2.74. The zero-order valence-electron chi connectivity index (χ0n) is 17.0. The summed E-state index contributed by atoms with van der Waals surface area (Å²) >= 11 is 6.07. The molecule has 6 nitrogen and oxygen atoms in total. The Morgan fingerprint density at radius 3 is 2.45 bits per heavy atom. The highest BCUT2D eigenvalue weighted by molar-refractivity contribution is 6.30. The zero-order chi connectivity index (χ0) is 21.2. The first-order valence-electron chi connectivity index (χ1n) is 9.53. The molecule has 0 saturated heterocycles. The largest absolute Gasteiger partial charge is 0.497 e. The van der Waals surface area contributed by atoms with Crippen molar-refractivity contribution in [3.05, 3.63) is 59.1 Å². The molecule has 0 saturated carbocycles. The van der Waals surface area contributed by atoms with Crippen LogP contribution in [-0.4, -0.2) is 43.0 Å². The van der Waals surface area contributed by atoms with Crippen LogP contribution in [0.25, 0.3) is 0 Å². The minimum Gasteiger partial charge on any atom is -0.497 e. The van der Waals surface area contributed by atoms with E-state index in [2.05, 4.69) is 5.32 Å². The lowest BCUT2D eigenvalue weighted by Crippen LogP contribution is -2.49. The number of carbonyl (C=O) groups is 2. The van der Waals surface area contributed by atoms with Crippen molar-refractivity contribution in [1.29, 1.82) is 0 Å². The van der Waals surface area contributed by atoms with Crippen LogP contribution in [0, 0.1) is 0 Å². The van der Waals surface area contributed by atoms with Gasteiger partial charge in [0.2, 0.25) is 5.91 Å². The van der Waals surface area contributed by atoms with Gasteiger partial charge in [0.1, 0.15) is 17.5 Å². The zero-order valence-corrected chi connectivity index (χ0v) is 17.7. The van der Waals surface area contributed by atoms with Crippen molar-refractivity contribution < 1.29 is 19.1 Å². The van der Waals surface area contributed by atoms with Gasteiger partial charge in [-0.3, -0.25) is 9.59 Å². The van der Waals surface area contributed by atoms with Crippen molar-refractivity contribution in [1.82, 2.24) is 10.2 Å². The predicted octanol–water partition coefficient (Wildman–Crippen LogP) is 3.67. The van der Waals surface area contributed by atoms with Crippen LogP contribution in [-0.2, 0) is 16.1 Å². The molecule has 1 N–H and O–H groups in total. The summed E-state index contributed by atoms with van der Waals surface area (Å²) in [5.74, 6) is 0.754. The molecule has 1 unspecified atom stereocenters. The van der Waals surface area contributed by atoms with E-state index in [4.69, 9.17) is 21.1 Å². The molecule has 0 aliphatic carbocycles. The third-order valence-electron chi connectivity index (χ3n) is 4.38. The van der Waals surface area contributed by atoms with Gasteiger partial charge >= 0.3 is 0 Å². The molecule has 2 aromatic carbocycles. The first-order chi connectivity index (χ1) is 13.9. The van der Waals surface area contributed by atoms with Gasteiger partial charge in [0.25, 0.3) is 5.91 Å². The normalized spacial score (nSPS) is 11.4. The van der Waals surface area contributed by atoms with E-state index in [9.17, 15) is 9.59 Å². The van der Waals surface area contributed by atoms with Crippen molar-refractivity contribution in [3.63, 3.8) is 0 Å². The SMILES string of the molecule is CCCNC(=O)C(C)N(Cc1cccc(Cl)c1)C(=O)COc1ccc(OC)cc1. The van der Waals surface area contributed by atoms with E-state index in [1.54, 1.807) is 50.4 Å². The molecule has 2 aromatic rings. The van der Waals surface area contributed by atoms with Gasteiger partial charge in [0, 0.05) is 18.1 Å². The van der Waals surface area contributed by atoms with Crippen LogP contribution in [0.1, 0.15) is 25.8 Å². The number of hydrogen-bond donors (Lipinski definition) is 1. The molecule has 2 rings (SSSR count). The Labute approximate surface area is 176 Å². The van der Waals surface area contributed by atoms with Crippen molar-refractivity contribution in [3.8, 4) is 11.5 Å². The maximum absolute atomic E-state index is 12.9. The molecule has 2 amide bonds. The second-order valence-corrected chi connectivity index (χ2v) is 7.02. The third-order valence-corrected chi connectivity index (χ3v) is 4.62.